The Morgan fingerprint density at radius 2 is 1.89 bits per heavy atom. The minimum absolute atomic E-state index is 0. The molecule has 8 nitrogen and oxygen atoms in total. The minimum atomic E-state index is -0.658. The lowest BCUT2D eigenvalue weighted by molar-refractivity contribution is -0.129. The first-order valence-electron chi connectivity index (χ1n) is 11.2. The van der Waals surface area contributed by atoms with E-state index in [1.165, 1.54) is 10.8 Å². The van der Waals surface area contributed by atoms with Crippen LogP contribution in [0.2, 0.25) is 0 Å². The molecule has 2 atom stereocenters. The van der Waals surface area contributed by atoms with Crippen LogP contribution in [0.4, 0.5) is 11.5 Å². The fraction of sp³-hybridized carbons (Fsp3) is 0.320. The SMILES string of the molecule is Cc1nc(N)ccc1CNC(=O)C(C)NC(=O)C1CN(c2cccc3ccccc23)CCN1.Cl.Cl. The molecule has 0 saturated carbocycles. The molecule has 5 N–H and O–H groups in total. The molecule has 188 valence electrons. The van der Waals surface area contributed by atoms with Gasteiger partial charge in [0, 0.05) is 42.9 Å². The Bertz CT molecular complexity index is 1170. The van der Waals surface area contributed by atoms with E-state index in [0.29, 0.717) is 25.5 Å². The maximum atomic E-state index is 12.9. The summed E-state index contributed by atoms with van der Waals surface area (Å²) in [6.45, 7) is 5.89. The molecule has 0 radical (unpaired) electrons. The number of carbonyl (C=O) groups is 2. The van der Waals surface area contributed by atoms with Gasteiger partial charge in [-0.3, -0.25) is 9.59 Å². The number of aromatic nitrogens is 1. The lowest BCUT2D eigenvalue weighted by atomic mass is 10.1. The number of anilines is 2. The molecule has 2 aromatic carbocycles. The van der Waals surface area contributed by atoms with Crippen LogP contribution >= 0.6 is 24.8 Å². The summed E-state index contributed by atoms with van der Waals surface area (Å²) >= 11 is 0. The molecule has 1 aliphatic heterocycles. The number of nitrogens with zero attached hydrogens (tertiary/aromatic N) is 2. The number of piperazine rings is 1. The van der Waals surface area contributed by atoms with Crippen LogP contribution in [0.3, 0.4) is 0 Å². The van der Waals surface area contributed by atoms with Crippen molar-refractivity contribution in [1.82, 2.24) is 20.9 Å². The number of pyridine rings is 1. The standard InChI is InChI=1S/C25H30N6O2.2ClH/c1-16-19(10-11-23(26)29-16)14-28-24(32)17(2)30-25(33)21-15-31(13-12-27-21)22-9-5-7-18-6-3-4-8-20(18)22;;/h3-11,17,21,27H,12-15H2,1-2H3,(H2,26,29)(H,28,32)(H,30,33);2*1H. The van der Waals surface area contributed by atoms with E-state index in [2.05, 4.69) is 50.1 Å². The number of rotatable bonds is 6. The number of benzene rings is 2. The van der Waals surface area contributed by atoms with Crippen molar-refractivity contribution in [2.24, 2.45) is 0 Å². The first-order chi connectivity index (χ1) is 15.9. The Morgan fingerprint density at radius 3 is 2.66 bits per heavy atom. The summed E-state index contributed by atoms with van der Waals surface area (Å²) in [6, 6.07) is 17.0. The number of aryl methyl sites for hydroxylation is 1. The van der Waals surface area contributed by atoms with Crippen LogP contribution in [0.1, 0.15) is 18.2 Å². The third kappa shape index (κ3) is 6.75. The second-order valence-corrected chi connectivity index (χ2v) is 8.38. The number of hydrogen-bond donors (Lipinski definition) is 4. The van der Waals surface area contributed by atoms with E-state index in [4.69, 9.17) is 5.73 Å². The van der Waals surface area contributed by atoms with E-state index in [-0.39, 0.29) is 36.6 Å². The predicted octanol–water partition coefficient (Wildman–Crippen LogP) is 2.57. The summed E-state index contributed by atoms with van der Waals surface area (Å²) in [5.41, 5.74) is 8.45. The van der Waals surface area contributed by atoms with Gasteiger partial charge in [-0.05, 0) is 36.9 Å². The summed E-state index contributed by atoms with van der Waals surface area (Å²) in [5, 5.41) is 11.3. The molecule has 0 aliphatic carbocycles. The Morgan fingerprint density at radius 1 is 1.14 bits per heavy atom. The van der Waals surface area contributed by atoms with Gasteiger partial charge in [-0.25, -0.2) is 4.98 Å². The average Bonchev–Trinajstić information content (AvgIpc) is 2.83. The second kappa shape index (κ2) is 12.6. The Hall–Kier alpha value is -3.07. The van der Waals surface area contributed by atoms with Crippen molar-refractivity contribution in [3.8, 4) is 0 Å². The predicted molar refractivity (Wildman–Crippen MR) is 145 cm³/mol. The van der Waals surface area contributed by atoms with Crippen LogP contribution in [-0.4, -0.2) is 48.5 Å². The third-order valence-electron chi connectivity index (χ3n) is 6.02. The van der Waals surface area contributed by atoms with Gasteiger partial charge in [0.25, 0.3) is 0 Å². The zero-order valence-corrected chi connectivity index (χ0v) is 21.4. The summed E-state index contributed by atoms with van der Waals surface area (Å²) in [7, 11) is 0. The van der Waals surface area contributed by atoms with Crippen LogP contribution in [0.5, 0.6) is 0 Å². The number of nitrogens with two attached hydrogens (primary N) is 1. The molecule has 2 heterocycles. The van der Waals surface area contributed by atoms with Gasteiger partial charge >= 0.3 is 0 Å². The van der Waals surface area contributed by atoms with Gasteiger partial charge in [-0.2, -0.15) is 0 Å². The highest BCUT2D eigenvalue weighted by atomic mass is 35.5. The van der Waals surface area contributed by atoms with Gasteiger partial charge in [0.1, 0.15) is 17.9 Å². The highest BCUT2D eigenvalue weighted by Gasteiger charge is 2.28. The maximum Gasteiger partial charge on any atom is 0.242 e. The number of nitrogens with one attached hydrogen (secondary N) is 3. The van der Waals surface area contributed by atoms with Crippen LogP contribution < -0.4 is 26.6 Å². The fourth-order valence-corrected chi connectivity index (χ4v) is 4.14. The number of amides is 2. The van der Waals surface area contributed by atoms with Gasteiger partial charge in [-0.15, -0.1) is 24.8 Å². The molecule has 0 bridgehead atoms. The molecule has 1 fully saturated rings. The zero-order chi connectivity index (χ0) is 23.4. The molecule has 0 spiro atoms. The smallest absolute Gasteiger partial charge is 0.242 e. The zero-order valence-electron chi connectivity index (χ0n) is 19.8. The largest absolute Gasteiger partial charge is 0.384 e. The van der Waals surface area contributed by atoms with Gasteiger partial charge in [0.05, 0.1) is 0 Å². The summed E-state index contributed by atoms with van der Waals surface area (Å²) in [4.78, 5) is 31.9. The van der Waals surface area contributed by atoms with Crippen molar-refractivity contribution in [2.45, 2.75) is 32.5 Å². The summed E-state index contributed by atoms with van der Waals surface area (Å²) in [5.74, 6) is 0.00921. The summed E-state index contributed by atoms with van der Waals surface area (Å²) < 4.78 is 0. The molecule has 1 aliphatic rings. The van der Waals surface area contributed by atoms with Gasteiger partial charge in [0.15, 0.2) is 0 Å². The number of hydrogen-bond acceptors (Lipinski definition) is 6. The monoisotopic (exact) mass is 518 g/mol. The lowest BCUT2D eigenvalue weighted by Gasteiger charge is -2.35. The maximum absolute atomic E-state index is 12.9. The topological polar surface area (TPSA) is 112 Å². The molecule has 4 rings (SSSR count). The quantitative estimate of drug-likeness (QED) is 0.399. The first kappa shape index (κ1) is 28.2. The average molecular weight is 519 g/mol. The number of nitrogen functional groups attached to an aromatic ring is 1. The fourth-order valence-electron chi connectivity index (χ4n) is 4.14. The molecule has 1 aromatic heterocycles. The van der Waals surface area contributed by atoms with Crippen molar-refractivity contribution < 1.29 is 9.59 Å². The van der Waals surface area contributed by atoms with E-state index in [1.54, 1.807) is 13.0 Å². The Labute approximate surface area is 217 Å². The molecule has 10 heteroatoms. The molecule has 1 saturated heterocycles. The van der Waals surface area contributed by atoms with Gasteiger partial charge < -0.3 is 26.6 Å². The van der Waals surface area contributed by atoms with Crippen LogP contribution in [-0.2, 0) is 16.1 Å². The normalized spacial score (nSPS) is 15.9. The molecule has 2 amide bonds. The molecule has 3 aromatic rings. The molecule has 2 unspecified atom stereocenters. The van der Waals surface area contributed by atoms with Crippen LogP contribution in [0.25, 0.3) is 10.8 Å². The van der Waals surface area contributed by atoms with E-state index < -0.39 is 12.1 Å². The Balaban J connectivity index is 0.00000216. The second-order valence-electron chi connectivity index (χ2n) is 8.38. The first-order valence-corrected chi connectivity index (χ1v) is 11.2. The van der Waals surface area contributed by atoms with Crippen LogP contribution in [0.15, 0.2) is 54.6 Å². The van der Waals surface area contributed by atoms with E-state index in [1.807, 2.05) is 31.2 Å². The van der Waals surface area contributed by atoms with Crippen molar-refractivity contribution in [2.75, 3.05) is 30.3 Å². The van der Waals surface area contributed by atoms with Gasteiger partial charge in [-0.1, -0.05) is 42.5 Å². The van der Waals surface area contributed by atoms with E-state index in [0.717, 1.165) is 23.5 Å². The third-order valence-corrected chi connectivity index (χ3v) is 6.02. The molecule has 35 heavy (non-hydrogen) atoms. The lowest BCUT2D eigenvalue weighted by Crippen LogP contribution is -2.59. The number of fused-ring (bicyclic) bond motifs is 1. The van der Waals surface area contributed by atoms with E-state index in [9.17, 15) is 9.59 Å². The number of carbonyl (C=O) groups excluding carboxylic acids is 2. The molecular weight excluding hydrogens is 487 g/mol. The minimum Gasteiger partial charge on any atom is -0.384 e. The highest BCUT2D eigenvalue weighted by molar-refractivity contribution is 5.95. The summed E-state index contributed by atoms with van der Waals surface area (Å²) in [6.07, 6.45) is 0. The van der Waals surface area contributed by atoms with Crippen LogP contribution in [0, 0.1) is 6.92 Å². The van der Waals surface area contributed by atoms with Crippen molar-refractivity contribution in [3.05, 3.63) is 65.9 Å². The van der Waals surface area contributed by atoms with Crippen molar-refractivity contribution in [1.29, 1.82) is 0 Å². The van der Waals surface area contributed by atoms with E-state index >= 15 is 0 Å². The number of halogens is 2. The van der Waals surface area contributed by atoms with Crippen molar-refractivity contribution >= 4 is 58.9 Å². The Kier molecular flexibility index (Phi) is 10.1. The highest BCUT2D eigenvalue weighted by Crippen LogP contribution is 2.27. The van der Waals surface area contributed by atoms with Gasteiger partial charge in [0.2, 0.25) is 11.8 Å². The molecular formula is C25H32Cl2N6O2. The van der Waals surface area contributed by atoms with Crippen molar-refractivity contribution in [3.63, 3.8) is 0 Å².